The predicted octanol–water partition coefficient (Wildman–Crippen LogP) is 3.45. The van der Waals surface area contributed by atoms with Crippen molar-refractivity contribution in [3.05, 3.63) is 49.9 Å². The number of hydrogen-bond acceptors (Lipinski definition) is 6. The lowest BCUT2D eigenvalue weighted by atomic mass is 10.1. The number of piperidine rings is 1. The highest BCUT2D eigenvalue weighted by Gasteiger charge is 2.22. The van der Waals surface area contributed by atoms with E-state index in [4.69, 9.17) is 11.6 Å². The highest BCUT2D eigenvalue weighted by Crippen LogP contribution is 2.28. The first-order valence-electron chi connectivity index (χ1n) is 10.5. The summed E-state index contributed by atoms with van der Waals surface area (Å²) in [6.45, 7) is 3.45. The van der Waals surface area contributed by atoms with Gasteiger partial charge in [0.1, 0.15) is 17.1 Å². The molecule has 1 saturated heterocycles. The molecular formula is C21H23ClFN5O3S. The number of nitrogens with zero attached hydrogens (tertiary/aromatic N) is 4. The molecule has 0 unspecified atom stereocenters. The summed E-state index contributed by atoms with van der Waals surface area (Å²) in [7, 11) is 0. The van der Waals surface area contributed by atoms with Crippen molar-refractivity contribution in [1.82, 2.24) is 14.1 Å². The van der Waals surface area contributed by atoms with Gasteiger partial charge in [-0.15, -0.1) is 0 Å². The molecule has 1 aliphatic rings. The van der Waals surface area contributed by atoms with Gasteiger partial charge in [0, 0.05) is 19.6 Å². The van der Waals surface area contributed by atoms with E-state index in [0.29, 0.717) is 16.3 Å². The van der Waals surface area contributed by atoms with E-state index in [0.717, 1.165) is 43.0 Å². The number of rotatable bonds is 6. The van der Waals surface area contributed by atoms with E-state index < -0.39 is 17.4 Å². The normalized spacial score (nSPS) is 14.2. The summed E-state index contributed by atoms with van der Waals surface area (Å²) in [5, 5.41) is 3.33. The molecule has 32 heavy (non-hydrogen) atoms. The largest absolute Gasteiger partial charge is 0.348 e. The molecule has 3 aromatic rings. The summed E-state index contributed by atoms with van der Waals surface area (Å²) >= 11 is 7.25. The Morgan fingerprint density at radius 3 is 2.66 bits per heavy atom. The molecule has 8 nitrogen and oxygen atoms in total. The summed E-state index contributed by atoms with van der Waals surface area (Å²) < 4.78 is 16.0. The lowest BCUT2D eigenvalue weighted by Crippen LogP contribution is -2.41. The van der Waals surface area contributed by atoms with Gasteiger partial charge in [-0.25, -0.2) is 14.2 Å². The van der Waals surface area contributed by atoms with Gasteiger partial charge in [-0.05, 0) is 43.9 Å². The van der Waals surface area contributed by atoms with Crippen molar-refractivity contribution in [2.45, 2.75) is 45.7 Å². The first kappa shape index (κ1) is 22.5. The topological polar surface area (TPSA) is 89.2 Å². The lowest BCUT2D eigenvalue weighted by molar-refractivity contribution is -0.116. The molecular weight excluding hydrogens is 457 g/mol. The second-order valence-corrected chi connectivity index (χ2v) is 9.08. The number of amides is 1. The van der Waals surface area contributed by atoms with Crippen molar-refractivity contribution in [3.63, 3.8) is 0 Å². The van der Waals surface area contributed by atoms with Crippen LogP contribution in [0, 0.1) is 5.82 Å². The summed E-state index contributed by atoms with van der Waals surface area (Å²) in [5.41, 5.74) is -0.527. The van der Waals surface area contributed by atoms with E-state index in [9.17, 15) is 18.8 Å². The highest BCUT2D eigenvalue weighted by molar-refractivity contribution is 7.22. The minimum atomic E-state index is -0.583. The first-order valence-corrected chi connectivity index (χ1v) is 11.7. The van der Waals surface area contributed by atoms with Gasteiger partial charge in [-0.2, -0.15) is 0 Å². The molecule has 0 atom stereocenters. The standard InChI is InChI=1S/C21H23ClFN5O3S/c1-2-8-27-19(30)17-18(25-20(32-17)26-9-4-3-5-10-26)28(21(27)31)12-16(29)24-15-7-6-13(23)11-14(15)22/h6-7,11H,2-5,8-10,12H2,1H3,(H,24,29). The number of nitrogens with one attached hydrogen (secondary N) is 1. The maximum atomic E-state index is 13.3. The maximum absolute atomic E-state index is 13.3. The minimum absolute atomic E-state index is 0.0489. The molecule has 0 radical (unpaired) electrons. The molecule has 1 N–H and O–H groups in total. The zero-order chi connectivity index (χ0) is 22.8. The molecule has 0 spiro atoms. The zero-order valence-electron chi connectivity index (χ0n) is 17.6. The predicted molar refractivity (Wildman–Crippen MR) is 125 cm³/mol. The Hall–Kier alpha value is -2.72. The number of halogens is 2. The SMILES string of the molecule is CCCn1c(=O)c2sc(N3CCCCC3)nc2n(CC(=O)Nc2ccc(F)cc2Cl)c1=O. The molecule has 3 heterocycles. The van der Waals surface area contributed by atoms with Gasteiger partial charge >= 0.3 is 5.69 Å². The van der Waals surface area contributed by atoms with Crippen LogP contribution < -0.4 is 21.5 Å². The third-order valence-electron chi connectivity index (χ3n) is 5.34. The van der Waals surface area contributed by atoms with Gasteiger partial charge in [0.2, 0.25) is 5.91 Å². The fourth-order valence-corrected chi connectivity index (χ4v) is 5.06. The van der Waals surface area contributed by atoms with E-state index in [-0.39, 0.29) is 35.0 Å². The van der Waals surface area contributed by atoms with Crippen LogP contribution in [0.4, 0.5) is 15.2 Å². The maximum Gasteiger partial charge on any atom is 0.333 e. The Morgan fingerprint density at radius 2 is 1.97 bits per heavy atom. The van der Waals surface area contributed by atoms with E-state index in [1.54, 1.807) is 0 Å². The summed E-state index contributed by atoms with van der Waals surface area (Å²) in [6, 6.07) is 3.62. The highest BCUT2D eigenvalue weighted by atomic mass is 35.5. The monoisotopic (exact) mass is 479 g/mol. The number of carbonyl (C=O) groups is 1. The van der Waals surface area contributed by atoms with Crippen molar-refractivity contribution in [2.24, 2.45) is 0 Å². The summed E-state index contributed by atoms with van der Waals surface area (Å²) in [4.78, 5) is 45.5. The second-order valence-electron chi connectivity index (χ2n) is 7.69. The third-order valence-corrected chi connectivity index (χ3v) is 6.74. The Kier molecular flexibility index (Phi) is 6.61. The van der Waals surface area contributed by atoms with Gasteiger partial charge in [-0.1, -0.05) is 29.9 Å². The van der Waals surface area contributed by atoms with Crippen LogP contribution in [-0.4, -0.2) is 33.1 Å². The van der Waals surface area contributed by atoms with Crippen LogP contribution in [0.1, 0.15) is 32.6 Å². The second kappa shape index (κ2) is 9.41. The first-order chi connectivity index (χ1) is 15.4. The van der Waals surface area contributed by atoms with Crippen LogP contribution in [0.15, 0.2) is 27.8 Å². The molecule has 2 aromatic heterocycles. The van der Waals surface area contributed by atoms with Crippen LogP contribution in [0.2, 0.25) is 5.02 Å². The van der Waals surface area contributed by atoms with E-state index in [1.165, 1.54) is 28.0 Å². The number of aromatic nitrogens is 3. The van der Waals surface area contributed by atoms with Crippen LogP contribution in [0.5, 0.6) is 0 Å². The molecule has 0 bridgehead atoms. The average molecular weight is 480 g/mol. The van der Waals surface area contributed by atoms with E-state index in [2.05, 4.69) is 15.2 Å². The molecule has 11 heteroatoms. The number of fused-ring (bicyclic) bond motifs is 1. The minimum Gasteiger partial charge on any atom is -0.348 e. The molecule has 170 valence electrons. The van der Waals surface area contributed by atoms with Gasteiger partial charge in [-0.3, -0.25) is 18.7 Å². The number of benzene rings is 1. The van der Waals surface area contributed by atoms with Crippen LogP contribution in [0.3, 0.4) is 0 Å². The quantitative estimate of drug-likeness (QED) is 0.585. The van der Waals surface area contributed by atoms with Gasteiger partial charge in [0.15, 0.2) is 10.8 Å². The van der Waals surface area contributed by atoms with E-state index >= 15 is 0 Å². The molecule has 1 aliphatic heterocycles. The zero-order valence-corrected chi connectivity index (χ0v) is 19.1. The van der Waals surface area contributed by atoms with E-state index in [1.807, 2.05) is 6.92 Å². The number of anilines is 2. The van der Waals surface area contributed by atoms with Crippen LogP contribution >= 0.6 is 22.9 Å². The van der Waals surface area contributed by atoms with Gasteiger partial charge in [0.25, 0.3) is 5.56 Å². The summed E-state index contributed by atoms with van der Waals surface area (Å²) in [6.07, 6.45) is 3.84. The Labute approximate surface area is 192 Å². The van der Waals surface area contributed by atoms with Crippen molar-refractivity contribution in [2.75, 3.05) is 23.3 Å². The number of carbonyl (C=O) groups excluding carboxylic acids is 1. The fourth-order valence-electron chi connectivity index (χ4n) is 3.78. The van der Waals surface area contributed by atoms with Gasteiger partial charge in [0.05, 0.1) is 10.7 Å². The van der Waals surface area contributed by atoms with Gasteiger partial charge < -0.3 is 10.2 Å². The lowest BCUT2D eigenvalue weighted by Gasteiger charge is -2.25. The molecule has 1 fully saturated rings. The van der Waals surface area contributed by atoms with Crippen LogP contribution in [-0.2, 0) is 17.9 Å². The molecule has 0 aliphatic carbocycles. The molecule has 1 aromatic carbocycles. The summed E-state index contributed by atoms with van der Waals surface area (Å²) in [5.74, 6) is -1.05. The van der Waals surface area contributed by atoms with Crippen LogP contribution in [0.25, 0.3) is 10.3 Å². The molecule has 1 amide bonds. The Bertz CT molecular complexity index is 1280. The molecule has 0 saturated carbocycles. The smallest absolute Gasteiger partial charge is 0.333 e. The average Bonchev–Trinajstić information content (AvgIpc) is 3.22. The van der Waals surface area contributed by atoms with Crippen molar-refractivity contribution < 1.29 is 9.18 Å². The molecule has 4 rings (SSSR count). The Morgan fingerprint density at radius 1 is 1.22 bits per heavy atom. The van der Waals surface area contributed by atoms with Crippen molar-refractivity contribution in [3.8, 4) is 0 Å². The Balaban J connectivity index is 1.74. The third kappa shape index (κ3) is 4.42. The number of thiazole rings is 1. The number of hydrogen-bond donors (Lipinski definition) is 1. The van der Waals surface area contributed by atoms with Crippen molar-refractivity contribution >= 4 is 50.0 Å². The fraction of sp³-hybridized carbons (Fsp3) is 0.429. The van der Waals surface area contributed by atoms with Crippen molar-refractivity contribution in [1.29, 1.82) is 0 Å².